The maximum atomic E-state index is 11.9. The average molecular weight is 340 g/mol. The number of hydrogen-bond acceptors (Lipinski definition) is 3. The third-order valence-corrected chi connectivity index (χ3v) is 3.52. The second-order valence-electron chi connectivity index (χ2n) is 4.69. The van der Waals surface area contributed by atoms with Gasteiger partial charge in [0, 0.05) is 31.0 Å². The van der Waals surface area contributed by atoms with E-state index in [4.69, 9.17) is 4.42 Å². The van der Waals surface area contributed by atoms with Gasteiger partial charge < -0.3 is 14.3 Å². The largest absolute Gasteiger partial charge is 0.444 e. The smallest absolute Gasteiger partial charge is 0.287 e. The molecule has 6 heteroatoms. The topological polar surface area (TPSA) is 60.1 Å². The number of nitrogens with one attached hydrogen (secondary N) is 1. The van der Waals surface area contributed by atoms with Gasteiger partial charge in [-0.15, -0.1) is 0 Å². The first-order valence-electron chi connectivity index (χ1n) is 6.60. The molecule has 2 aromatic rings. The number of nitrogens with zero attached hydrogens (tertiary/aromatic N) is 2. The fourth-order valence-corrected chi connectivity index (χ4v) is 2.50. The van der Waals surface area contributed by atoms with Crippen LogP contribution >= 0.6 is 15.9 Å². The summed E-state index contributed by atoms with van der Waals surface area (Å²) in [6, 6.07) is 1.79. The van der Waals surface area contributed by atoms with Crippen molar-refractivity contribution >= 4 is 21.8 Å². The summed E-state index contributed by atoms with van der Waals surface area (Å²) in [7, 11) is 0. The Labute approximate surface area is 126 Å². The van der Waals surface area contributed by atoms with Crippen molar-refractivity contribution in [1.82, 2.24) is 14.9 Å². The summed E-state index contributed by atoms with van der Waals surface area (Å²) in [6.07, 6.45) is 5.69. The monoisotopic (exact) mass is 339 g/mol. The van der Waals surface area contributed by atoms with E-state index >= 15 is 0 Å². The Kier molecular flexibility index (Phi) is 5.00. The number of hydrogen-bond donors (Lipinski definition) is 1. The van der Waals surface area contributed by atoms with Crippen LogP contribution in [0.4, 0.5) is 0 Å². The van der Waals surface area contributed by atoms with E-state index in [1.165, 1.54) is 0 Å². The molecule has 0 fully saturated rings. The van der Waals surface area contributed by atoms with Gasteiger partial charge in [-0.05, 0) is 48.7 Å². The highest BCUT2D eigenvalue weighted by molar-refractivity contribution is 9.10. The molecule has 0 saturated carbocycles. The summed E-state index contributed by atoms with van der Waals surface area (Å²) in [5.41, 5.74) is 0.836. The lowest BCUT2D eigenvalue weighted by molar-refractivity contribution is 0.0923. The summed E-state index contributed by atoms with van der Waals surface area (Å²) < 4.78 is 7.99. The number of furan rings is 1. The van der Waals surface area contributed by atoms with E-state index in [-0.39, 0.29) is 5.91 Å². The van der Waals surface area contributed by atoms with E-state index in [0.717, 1.165) is 30.8 Å². The van der Waals surface area contributed by atoms with E-state index in [0.29, 0.717) is 17.0 Å². The molecule has 2 rings (SSSR count). The van der Waals surface area contributed by atoms with Crippen LogP contribution in [0, 0.1) is 13.8 Å². The predicted molar refractivity (Wildman–Crippen MR) is 79.7 cm³/mol. The maximum absolute atomic E-state index is 11.9. The van der Waals surface area contributed by atoms with Crippen molar-refractivity contribution in [3.63, 3.8) is 0 Å². The molecule has 0 aliphatic rings. The lowest BCUT2D eigenvalue weighted by Gasteiger charge is -2.06. The fourth-order valence-electron chi connectivity index (χ4n) is 2.00. The fraction of sp³-hybridized carbons (Fsp3) is 0.429. The zero-order valence-electron chi connectivity index (χ0n) is 11.6. The van der Waals surface area contributed by atoms with Crippen LogP contribution in [0.2, 0.25) is 0 Å². The van der Waals surface area contributed by atoms with Crippen molar-refractivity contribution in [2.45, 2.75) is 33.2 Å². The van der Waals surface area contributed by atoms with Gasteiger partial charge in [0.15, 0.2) is 10.4 Å². The summed E-state index contributed by atoms with van der Waals surface area (Å²) in [5.74, 6) is 1.24. The summed E-state index contributed by atoms with van der Waals surface area (Å²) in [4.78, 5) is 16.1. The average Bonchev–Trinajstić information content (AvgIpc) is 2.95. The second kappa shape index (κ2) is 6.74. The first-order chi connectivity index (χ1) is 9.58. The number of aryl methyl sites for hydroxylation is 3. The number of aromatic nitrogens is 2. The highest BCUT2D eigenvalue weighted by atomic mass is 79.9. The van der Waals surface area contributed by atoms with Gasteiger partial charge in [-0.25, -0.2) is 4.98 Å². The van der Waals surface area contributed by atoms with Gasteiger partial charge in [-0.2, -0.15) is 0 Å². The Balaban J connectivity index is 1.70. The lowest BCUT2D eigenvalue weighted by atomic mass is 10.2. The molecule has 108 valence electrons. The molecule has 0 aromatic carbocycles. The number of carbonyl (C=O) groups is 1. The molecule has 2 aromatic heterocycles. The van der Waals surface area contributed by atoms with Crippen molar-refractivity contribution in [3.05, 3.63) is 40.3 Å². The Morgan fingerprint density at radius 3 is 2.85 bits per heavy atom. The molecule has 2 heterocycles. The van der Waals surface area contributed by atoms with Crippen LogP contribution in [0.5, 0.6) is 0 Å². The molecule has 5 nitrogen and oxygen atoms in total. The van der Waals surface area contributed by atoms with E-state index in [1.807, 2.05) is 20.0 Å². The standard InChI is InChI=1S/C14H18BrN3O2/c1-10-9-12(15)20-13(10)14(19)17-5-3-4-7-18-8-6-16-11(18)2/h6,8-9H,3-5,7H2,1-2H3,(H,17,19). The molecule has 1 N–H and O–H groups in total. The van der Waals surface area contributed by atoms with Gasteiger partial charge in [-0.3, -0.25) is 4.79 Å². The van der Waals surface area contributed by atoms with Crippen molar-refractivity contribution in [2.75, 3.05) is 6.54 Å². The first kappa shape index (κ1) is 14.8. The Hall–Kier alpha value is -1.56. The van der Waals surface area contributed by atoms with E-state index in [9.17, 15) is 4.79 Å². The predicted octanol–water partition coefficient (Wildman–Crippen LogP) is 3.07. The molecule has 1 amide bonds. The van der Waals surface area contributed by atoms with Crippen molar-refractivity contribution in [1.29, 1.82) is 0 Å². The number of rotatable bonds is 6. The van der Waals surface area contributed by atoms with Crippen molar-refractivity contribution in [2.24, 2.45) is 0 Å². The van der Waals surface area contributed by atoms with Crippen LogP contribution in [-0.2, 0) is 6.54 Å². The molecule has 0 aliphatic heterocycles. The maximum Gasteiger partial charge on any atom is 0.287 e. The van der Waals surface area contributed by atoms with Crippen LogP contribution in [0.25, 0.3) is 0 Å². The van der Waals surface area contributed by atoms with Gasteiger partial charge in [-0.1, -0.05) is 0 Å². The number of amides is 1. The van der Waals surface area contributed by atoms with Gasteiger partial charge in [0.05, 0.1) is 0 Å². The van der Waals surface area contributed by atoms with E-state index in [1.54, 1.807) is 12.3 Å². The van der Waals surface area contributed by atoms with E-state index < -0.39 is 0 Å². The Morgan fingerprint density at radius 2 is 2.25 bits per heavy atom. The van der Waals surface area contributed by atoms with Crippen LogP contribution < -0.4 is 5.32 Å². The normalized spacial score (nSPS) is 10.8. The molecule has 0 radical (unpaired) electrons. The van der Waals surface area contributed by atoms with Crippen LogP contribution in [0.15, 0.2) is 27.5 Å². The second-order valence-corrected chi connectivity index (χ2v) is 5.48. The van der Waals surface area contributed by atoms with Crippen LogP contribution in [-0.4, -0.2) is 22.0 Å². The van der Waals surface area contributed by atoms with Crippen molar-refractivity contribution < 1.29 is 9.21 Å². The summed E-state index contributed by atoms with van der Waals surface area (Å²) in [5, 5.41) is 2.87. The zero-order valence-corrected chi connectivity index (χ0v) is 13.2. The molecule has 0 atom stereocenters. The van der Waals surface area contributed by atoms with Gasteiger partial charge in [0.25, 0.3) is 5.91 Å². The lowest BCUT2D eigenvalue weighted by Crippen LogP contribution is -2.24. The summed E-state index contributed by atoms with van der Waals surface area (Å²) in [6.45, 7) is 5.40. The number of carbonyl (C=O) groups excluding carboxylic acids is 1. The first-order valence-corrected chi connectivity index (χ1v) is 7.39. The highest BCUT2D eigenvalue weighted by Crippen LogP contribution is 2.19. The summed E-state index contributed by atoms with van der Waals surface area (Å²) >= 11 is 3.22. The minimum absolute atomic E-state index is 0.160. The molecule has 0 spiro atoms. The Morgan fingerprint density at radius 1 is 1.45 bits per heavy atom. The van der Waals surface area contributed by atoms with Gasteiger partial charge >= 0.3 is 0 Å². The molecule has 0 aliphatic carbocycles. The van der Waals surface area contributed by atoms with Gasteiger partial charge in [0.2, 0.25) is 0 Å². The molecule has 0 bridgehead atoms. The van der Waals surface area contributed by atoms with Crippen LogP contribution in [0.3, 0.4) is 0 Å². The molecule has 0 unspecified atom stereocenters. The minimum atomic E-state index is -0.160. The zero-order chi connectivity index (χ0) is 14.5. The quantitative estimate of drug-likeness (QED) is 0.822. The Bertz CT molecular complexity index is 589. The molecular formula is C14H18BrN3O2. The number of halogens is 1. The van der Waals surface area contributed by atoms with Gasteiger partial charge in [0.1, 0.15) is 5.82 Å². The molecular weight excluding hydrogens is 322 g/mol. The van der Waals surface area contributed by atoms with Crippen LogP contribution in [0.1, 0.15) is 34.8 Å². The minimum Gasteiger partial charge on any atom is -0.444 e. The molecule has 20 heavy (non-hydrogen) atoms. The highest BCUT2D eigenvalue weighted by Gasteiger charge is 2.13. The molecule has 0 saturated heterocycles. The third kappa shape index (κ3) is 3.72. The van der Waals surface area contributed by atoms with Crippen molar-refractivity contribution in [3.8, 4) is 0 Å². The van der Waals surface area contributed by atoms with E-state index in [2.05, 4.69) is 30.8 Å². The SMILES string of the molecule is Cc1cc(Br)oc1C(=O)NCCCCn1ccnc1C. The third-order valence-electron chi connectivity index (χ3n) is 3.13. The number of imidazole rings is 1. The number of unbranched alkanes of at least 4 members (excludes halogenated alkanes) is 1.